The van der Waals surface area contributed by atoms with Gasteiger partial charge in [0.1, 0.15) is 5.69 Å². The largest absolute Gasteiger partial charge is 0.353 e. The van der Waals surface area contributed by atoms with Crippen molar-refractivity contribution in [3.63, 3.8) is 0 Å². The molecule has 0 bridgehead atoms. The molecule has 0 aliphatic heterocycles. The molecule has 0 amide bonds. The van der Waals surface area contributed by atoms with Crippen molar-refractivity contribution in [1.82, 2.24) is 30.5 Å². The van der Waals surface area contributed by atoms with E-state index in [1.165, 1.54) is 5.39 Å². The van der Waals surface area contributed by atoms with Crippen LogP contribution in [-0.4, -0.2) is 31.7 Å². The number of pyridine rings is 2. The summed E-state index contributed by atoms with van der Waals surface area (Å²) in [7, 11) is 0. The minimum absolute atomic E-state index is 0.797. The lowest BCUT2D eigenvalue weighted by Crippen LogP contribution is -2.11. The first-order valence-electron chi connectivity index (χ1n) is 9.39. The minimum Gasteiger partial charge on any atom is -0.353 e. The van der Waals surface area contributed by atoms with E-state index in [9.17, 15) is 0 Å². The van der Waals surface area contributed by atoms with Gasteiger partial charge in [-0.3, -0.25) is 15.1 Å². The summed E-state index contributed by atoms with van der Waals surface area (Å²) < 4.78 is 0. The van der Waals surface area contributed by atoms with E-state index >= 15 is 0 Å². The molecule has 28 heavy (non-hydrogen) atoms. The summed E-state index contributed by atoms with van der Waals surface area (Å²) in [6, 6.07) is 14.6. The van der Waals surface area contributed by atoms with Crippen molar-refractivity contribution in [3.8, 4) is 22.6 Å². The Bertz CT molecular complexity index is 1230. The van der Waals surface area contributed by atoms with E-state index in [0.29, 0.717) is 0 Å². The van der Waals surface area contributed by atoms with Gasteiger partial charge in [-0.2, -0.15) is 5.10 Å². The van der Waals surface area contributed by atoms with Crippen molar-refractivity contribution >= 4 is 21.8 Å². The summed E-state index contributed by atoms with van der Waals surface area (Å²) in [6.07, 6.45) is 5.57. The van der Waals surface area contributed by atoms with Crippen LogP contribution in [0.25, 0.3) is 44.5 Å². The minimum atomic E-state index is 0.797. The summed E-state index contributed by atoms with van der Waals surface area (Å²) in [5.74, 6) is 0. The number of nitrogens with one attached hydrogen (secondary N) is 3. The maximum absolute atomic E-state index is 4.61. The summed E-state index contributed by atoms with van der Waals surface area (Å²) in [5, 5.41) is 13.2. The number of benzene rings is 1. The molecular formula is C22H20N6. The van der Waals surface area contributed by atoms with Crippen LogP contribution in [0.5, 0.6) is 0 Å². The molecule has 0 atom stereocenters. The Morgan fingerprint density at radius 3 is 2.82 bits per heavy atom. The molecule has 0 radical (unpaired) electrons. The van der Waals surface area contributed by atoms with Gasteiger partial charge in [0.2, 0.25) is 0 Å². The zero-order chi connectivity index (χ0) is 18.9. The number of hydrogen-bond donors (Lipinski definition) is 3. The number of nitrogens with zero attached hydrogens (tertiary/aromatic N) is 3. The molecule has 1 aromatic carbocycles. The Morgan fingerprint density at radius 1 is 1.00 bits per heavy atom. The molecule has 0 aliphatic rings. The Morgan fingerprint density at radius 2 is 1.93 bits per heavy atom. The lowest BCUT2D eigenvalue weighted by Gasteiger charge is -2.05. The van der Waals surface area contributed by atoms with Crippen molar-refractivity contribution in [2.75, 3.05) is 6.54 Å². The van der Waals surface area contributed by atoms with Crippen LogP contribution in [0.4, 0.5) is 0 Å². The molecule has 0 unspecified atom stereocenters. The molecule has 5 aromatic rings. The highest BCUT2D eigenvalue weighted by molar-refractivity contribution is 5.96. The maximum Gasteiger partial charge on any atom is 0.116 e. The molecule has 5 rings (SSSR count). The maximum atomic E-state index is 4.61. The van der Waals surface area contributed by atoms with E-state index in [0.717, 1.165) is 57.7 Å². The Labute approximate surface area is 162 Å². The zero-order valence-electron chi connectivity index (χ0n) is 15.5. The van der Waals surface area contributed by atoms with E-state index in [1.54, 1.807) is 0 Å². The van der Waals surface area contributed by atoms with Crippen LogP contribution in [0.15, 0.2) is 61.1 Å². The topological polar surface area (TPSA) is 82.3 Å². The van der Waals surface area contributed by atoms with Crippen LogP contribution >= 0.6 is 0 Å². The van der Waals surface area contributed by atoms with Crippen molar-refractivity contribution < 1.29 is 0 Å². The van der Waals surface area contributed by atoms with E-state index < -0.39 is 0 Å². The van der Waals surface area contributed by atoms with E-state index in [4.69, 9.17) is 0 Å². The highest BCUT2D eigenvalue weighted by Crippen LogP contribution is 2.30. The van der Waals surface area contributed by atoms with E-state index in [2.05, 4.69) is 67.7 Å². The monoisotopic (exact) mass is 368 g/mol. The molecule has 6 nitrogen and oxygen atoms in total. The second-order valence-corrected chi connectivity index (χ2v) is 6.82. The second-order valence-electron chi connectivity index (χ2n) is 6.82. The average Bonchev–Trinajstić information content (AvgIpc) is 3.35. The number of rotatable bonds is 5. The third-order valence-electron chi connectivity index (χ3n) is 4.90. The van der Waals surface area contributed by atoms with Crippen LogP contribution < -0.4 is 5.32 Å². The number of hydrogen-bond acceptors (Lipinski definition) is 4. The first-order valence-corrected chi connectivity index (χ1v) is 9.39. The van der Waals surface area contributed by atoms with Gasteiger partial charge >= 0.3 is 0 Å². The van der Waals surface area contributed by atoms with Gasteiger partial charge in [0.05, 0.1) is 23.1 Å². The standard InChI is InChI=1S/C22H20N6/c1-2-23-10-14-7-16(12-24-11-14)19-9-17-21(13-25-19)27-28-22(17)20-8-15-5-3-4-6-18(15)26-20/h3-9,11-13,23,26H,2,10H2,1H3,(H,27,28). The Hall–Kier alpha value is -3.51. The SMILES string of the molecule is CCNCc1cncc(-c2cc3c(-c4cc5ccccc5[nH]4)n[nH]c3cn2)c1. The van der Waals surface area contributed by atoms with Crippen LogP contribution in [0.1, 0.15) is 12.5 Å². The number of aromatic nitrogens is 5. The van der Waals surface area contributed by atoms with Gasteiger partial charge in [-0.1, -0.05) is 25.1 Å². The van der Waals surface area contributed by atoms with Crippen molar-refractivity contribution in [2.24, 2.45) is 0 Å². The lowest BCUT2D eigenvalue weighted by molar-refractivity contribution is 0.724. The predicted molar refractivity (Wildman–Crippen MR) is 112 cm³/mol. The average molecular weight is 368 g/mol. The van der Waals surface area contributed by atoms with Gasteiger partial charge in [0, 0.05) is 40.8 Å². The summed E-state index contributed by atoms with van der Waals surface area (Å²) in [6.45, 7) is 3.82. The lowest BCUT2D eigenvalue weighted by atomic mass is 10.1. The highest BCUT2D eigenvalue weighted by atomic mass is 15.1. The quantitative estimate of drug-likeness (QED) is 0.432. The molecule has 0 saturated carbocycles. The highest BCUT2D eigenvalue weighted by Gasteiger charge is 2.13. The molecule has 6 heteroatoms. The van der Waals surface area contributed by atoms with Crippen LogP contribution in [0, 0.1) is 0 Å². The van der Waals surface area contributed by atoms with Crippen LogP contribution in [-0.2, 0) is 6.54 Å². The first kappa shape index (κ1) is 16.6. The fourth-order valence-electron chi connectivity index (χ4n) is 3.47. The second kappa shape index (κ2) is 6.90. The van der Waals surface area contributed by atoms with E-state index in [-0.39, 0.29) is 0 Å². The first-order chi connectivity index (χ1) is 13.8. The van der Waals surface area contributed by atoms with Gasteiger partial charge in [-0.05, 0) is 36.4 Å². The fourth-order valence-corrected chi connectivity index (χ4v) is 3.47. The van der Waals surface area contributed by atoms with E-state index in [1.807, 2.05) is 30.7 Å². The predicted octanol–water partition coefficient (Wildman–Crippen LogP) is 4.28. The summed E-state index contributed by atoms with van der Waals surface area (Å²) >= 11 is 0. The van der Waals surface area contributed by atoms with Gasteiger partial charge in [-0.25, -0.2) is 0 Å². The van der Waals surface area contributed by atoms with Gasteiger partial charge in [0.25, 0.3) is 0 Å². The van der Waals surface area contributed by atoms with Crippen LogP contribution in [0.3, 0.4) is 0 Å². The molecule has 4 aromatic heterocycles. The van der Waals surface area contributed by atoms with Gasteiger partial charge < -0.3 is 10.3 Å². The van der Waals surface area contributed by atoms with Crippen LogP contribution in [0.2, 0.25) is 0 Å². The van der Waals surface area contributed by atoms with Crippen molar-refractivity contribution in [3.05, 3.63) is 66.6 Å². The molecule has 0 fully saturated rings. The smallest absolute Gasteiger partial charge is 0.116 e. The normalized spacial score (nSPS) is 11.5. The Kier molecular flexibility index (Phi) is 4.10. The zero-order valence-corrected chi connectivity index (χ0v) is 15.5. The third kappa shape index (κ3) is 2.93. The van der Waals surface area contributed by atoms with Gasteiger partial charge in [0.15, 0.2) is 0 Å². The fraction of sp³-hybridized carbons (Fsp3) is 0.136. The molecule has 3 N–H and O–H groups in total. The molecule has 0 saturated heterocycles. The summed E-state index contributed by atoms with van der Waals surface area (Å²) in [5.41, 5.74) is 6.93. The number of aromatic amines is 2. The van der Waals surface area contributed by atoms with Crippen molar-refractivity contribution in [1.29, 1.82) is 0 Å². The third-order valence-corrected chi connectivity index (χ3v) is 4.90. The van der Waals surface area contributed by atoms with Crippen molar-refractivity contribution in [2.45, 2.75) is 13.5 Å². The number of H-pyrrole nitrogens is 2. The molecule has 0 spiro atoms. The van der Waals surface area contributed by atoms with Gasteiger partial charge in [-0.15, -0.1) is 0 Å². The number of fused-ring (bicyclic) bond motifs is 2. The number of para-hydroxylation sites is 1. The molecule has 4 heterocycles. The molecule has 0 aliphatic carbocycles. The Balaban J connectivity index is 1.58. The molecular weight excluding hydrogens is 348 g/mol. The summed E-state index contributed by atoms with van der Waals surface area (Å²) in [4.78, 5) is 12.4. The molecule has 138 valence electrons.